The molecule has 0 aliphatic heterocycles. The number of hydrogen-bond acceptors (Lipinski definition) is 11. The van der Waals surface area contributed by atoms with E-state index in [4.69, 9.17) is 9.72 Å². The molecule has 0 unspecified atom stereocenters. The molecule has 0 bridgehead atoms. The Morgan fingerprint density at radius 3 is 2.50 bits per heavy atom. The fourth-order valence-corrected chi connectivity index (χ4v) is 6.01. The van der Waals surface area contributed by atoms with Crippen LogP contribution in [0.15, 0.2) is 40.5 Å². The number of nitrogens with one attached hydrogen (secondary N) is 1. The maximum absolute atomic E-state index is 13.8. The van der Waals surface area contributed by atoms with Crippen LogP contribution in [0.2, 0.25) is 0 Å². The normalized spacial score (nSPS) is 15.9. The van der Waals surface area contributed by atoms with E-state index in [-0.39, 0.29) is 34.6 Å². The molecule has 1 N–H and O–H groups in total. The lowest BCUT2D eigenvalue weighted by Gasteiger charge is -2.18. The Hall–Kier alpha value is -4.00. The van der Waals surface area contributed by atoms with E-state index in [9.17, 15) is 13.2 Å². The summed E-state index contributed by atoms with van der Waals surface area (Å²) in [6.45, 7) is 1.79. The predicted octanol–water partition coefficient (Wildman–Crippen LogP) is 3.45. The van der Waals surface area contributed by atoms with Crippen LogP contribution in [0.4, 0.5) is 5.82 Å². The van der Waals surface area contributed by atoms with Crippen LogP contribution in [0.1, 0.15) is 68.8 Å². The van der Waals surface area contributed by atoms with Crippen molar-refractivity contribution in [3.63, 3.8) is 0 Å². The molecule has 6 rings (SSSR count). The standard InChI is InChI=1S/C27H30N8O4S/c1-3-40(37,38)19-11-10-17(28-13-19)12-29-24-27(36)35(18-6-4-5-7-18)25-20(33-24)14-30-23(34-25)21-22(16-8-9-16)31-15-32-26(21)39-2/h10-11,13-16,18H,3-9,12H2,1-2H3,(H,29,33). The highest BCUT2D eigenvalue weighted by Gasteiger charge is 2.32. The Labute approximate surface area is 231 Å². The lowest BCUT2D eigenvalue weighted by molar-refractivity contribution is 0.397. The van der Waals surface area contributed by atoms with E-state index in [1.54, 1.807) is 30.9 Å². The molecular weight excluding hydrogens is 532 g/mol. The number of methoxy groups -OCH3 is 1. The minimum Gasteiger partial charge on any atom is -0.480 e. The smallest absolute Gasteiger partial charge is 0.295 e. The summed E-state index contributed by atoms with van der Waals surface area (Å²) in [5.41, 5.74) is 2.78. The van der Waals surface area contributed by atoms with E-state index in [1.165, 1.54) is 18.6 Å². The average Bonchev–Trinajstić information content (AvgIpc) is 3.69. The maximum Gasteiger partial charge on any atom is 0.295 e. The van der Waals surface area contributed by atoms with Crippen molar-refractivity contribution >= 4 is 26.8 Å². The minimum atomic E-state index is -3.34. The Morgan fingerprint density at radius 2 is 1.82 bits per heavy atom. The van der Waals surface area contributed by atoms with E-state index in [1.807, 2.05) is 0 Å². The summed E-state index contributed by atoms with van der Waals surface area (Å²) in [6.07, 6.45) is 10.3. The zero-order valence-corrected chi connectivity index (χ0v) is 23.2. The predicted molar refractivity (Wildman–Crippen MR) is 148 cm³/mol. The highest BCUT2D eigenvalue weighted by Crippen LogP contribution is 2.45. The molecule has 2 aliphatic carbocycles. The van der Waals surface area contributed by atoms with Crippen molar-refractivity contribution in [2.75, 3.05) is 18.2 Å². The van der Waals surface area contributed by atoms with Crippen LogP contribution in [-0.2, 0) is 16.4 Å². The molecule has 0 atom stereocenters. The van der Waals surface area contributed by atoms with E-state index < -0.39 is 9.84 Å². The molecule has 2 aliphatic rings. The lowest BCUT2D eigenvalue weighted by Crippen LogP contribution is -2.28. The molecule has 4 aromatic heterocycles. The molecule has 0 amide bonds. The first kappa shape index (κ1) is 26.2. The first-order valence-electron chi connectivity index (χ1n) is 13.5. The van der Waals surface area contributed by atoms with E-state index in [0.717, 1.165) is 44.2 Å². The van der Waals surface area contributed by atoms with Crippen LogP contribution in [0.25, 0.3) is 22.6 Å². The average molecular weight is 563 g/mol. The summed E-state index contributed by atoms with van der Waals surface area (Å²) in [7, 11) is -1.78. The van der Waals surface area contributed by atoms with Crippen molar-refractivity contribution in [2.45, 2.75) is 68.8 Å². The monoisotopic (exact) mass is 562 g/mol. The minimum absolute atomic E-state index is 0.00372. The van der Waals surface area contributed by atoms with Crippen molar-refractivity contribution in [3.05, 3.63) is 52.6 Å². The number of fused-ring (bicyclic) bond motifs is 1. The van der Waals surface area contributed by atoms with Gasteiger partial charge in [-0.25, -0.2) is 33.3 Å². The highest BCUT2D eigenvalue weighted by molar-refractivity contribution is 7.91. The number of aromatic nitrogens is 7. The second-order valence-electron chi connectivity index (χ2n) is 10.1. The topological polar surface area (TPSA) is 155 Å². The first-order valence-corrected chi connectivity index (χ1v) is 15.1. The zero-order valence-electron chi connectivity index (χ0n) is 22.4. The third kappa shape index (κ3) is 4.89. The number of nitrogens with zero attached hydrogens (tertiary/aromatic N) is 7. The van der Waals surface area contributed by atoms with E-state index >= 15 is 0 Å². The SMILES string of the molecule is CCS(=O)(=O)c1ccc(CNc2nc3cnc(-c4c(OC)ncnc4C4CC4)nc3n(C3CCCC3)c2=O)nc1. The van der Waals surface area contributed by atoms with E-state index in [2.05, 4.69) is 30.2 Å². The van der Waals surface area contributed by atoms with Gasteiger partial charge in [0.15, 0.2) is 27.1 Å². The molecule has 2 fully saturated rings. The number of hydrogen-bond donors (Lipinski definition) is 1. The second-order valence-corrected chi connectivity index (χ2v) is 12.4. The van der Waals surface area contributed by atoms with Gasteiger partial charge >= 0.3 is 0 Å². The molecule has 0 saturated heterocycles. The Kier molecular flexibility index (Phi) is 6.90. The fraction of sp³-hybridized carbons (Fsp3) is 0.444. The largest absolute Gasteiger partial charge is 0.480 e. The van der Waals surface area contributed by atoms with Gasteiger partial charge in [0.25, 0.3) is 5.56 Å². The molecule has 0 radical (unpaired) electrons. The molecule has 13 heteroatoms. The maximum atomic E-state index is 13.8. The van der Waals surface area contributed by atoms with Crippen LogP contribution in [0.3, 0.4) is 0 Å². The van der Waals surface area contributed by atoms with Gasteiger partial charge in [0.1, 0.15) is 17.4 Å². The summed E-state index contributed by atoms with van der Waals surface area (Å²) in [4.78, 5) is 41.1. The molecular formula is C27H30N8O4S. The molecule has 4 aromatic rings. The van der Waals surface area contributed by atoms with Crippen molar-refractivity contribution in [1.82, 2.24) is 34.5 Å². The van der Waals surface area contributed by atoms with E-state index in [0.29, 0.717) is 40.0 Å². The van der Waals surface area contributed by atoms with Gasteiger partial charge in [0.2, 0.25) is 5.88 Å². The lowest BCUT2D eigenvalue weighted by atomic mass is 10.1. The fourth-order valence-electron chi connectivity index (χ4n) is 5.19. The van der Waals surface area contributed by atoms with Gasteiger partial charge in [0, 0.05) is 18.2 Å². The number of rotatable bonds is 9. The van der Waals surface area contributed by atoms with Gasteiger partial charge in [-0.3, -0.25) is 14.3 Å². The molecule has 2 saturated carbocycles. The van der Waals surface area contributed by atoms with Gasteiger partial charge in [-0.2, -0.15) is 0 Å². The van der Waals surface area contributed by atoms with Gasteiger partial charge in [-0.1, -0.05) is 19.8 Å². The third-order valence-corrected chi connectivity index (χ3v) is 9.24. The Bertz CT molecular complexity index is 1730. The van der Waals surface area contributed by atoms with Gasteiger partial charge in [-0.15, -0.1) is 0 Å². The molecule has 40 heavy (non-hydrogen) atoms. The van der Waals surface area contributed by atoms with Crippen molar-refractivity contribution < 1.29 is 13.2 Å². The summed E-state index contributed by atoms with van der Waals surface area (Å²) < 4.78 is 31.5. The van der Waals surface area contributed by atoms with Crippen LogP contribution >= 0.6 is 0 Å². The molecule has 0 aromatic carbocycles. The van der Waals surface area contributed by atoms with Crippen molar-refractivity contribution in [3.8, 4) is 17.3 Å². The quantitative estimate of drug-likeness (QED) is 0.319. The second kappa shape index (κ2) is 10.5. The number of sulfone groups is 1. The molecule has 4 heterocycles. The van der Waals surface area contributed by atoms with Gasteiger partial charge in [0.05, 0.1) is 41.9 Å². The van der Waals surface area contributed by atoms with Crippen LogP contribution in [0.5, 0.6) is 5.88 Å². The van der Waals surface area contributed by atoms with Crippen LogP contribution < -0.4 is 15.6 Å². The number of pyridine rings is 1. The van der Waals surface area contributed by atoms with Gasteiger partial charge in [-0.05, 0) is 37.8 Å². The first-order chi connectivity index (χ1) is 19.4. The number of ether oxygens (including phenoxy) is 1. The number of anilines is 1. The van der Waals surface area contributed by atoms with Crippen molar-refractivity contribution in [1.29, 1.82) is 0 Å². The summed E-state index contributed by atoms with van der Waals surface area (Å²) in [5.74, 6) is 1.30. The Morgan fingerprint density at radius 1 is 1.02 bits per heavy atom. The Balaban J connectivity index is 1.39. The van der Waals surface area contributed by atoms with Crippen LogP contribution in [-0.4, -0.2) is 55.8 Å². The summed E-state index contributed by atoms with van der Waals surface area (Å²) >= 11 is 0. The van der Waals surface area contributed by atoms with Crippen molar-refractivity contribution in [2.24, 2.45) is 0 Å². The summed E-state index contributed by atoms with van der Waals surface area (Å²) in [5, 5.41) is 3.10. The molecule has 0 spiro atoms. The third-order valence-electron chi connectivity index (χ3n) is 7.52. The molecule has 208 valence electrons. The summed E-state index contributed by atoms with van der Waals surface area (Å²) in [6, 6.07) is 3.16. The van der Waals surface area contributed by atoms with Crippen LogP contribution in [0, 0.1) is 0 Å². The molecule has 12 nitrogen and oxygen atoms in total. The zero-order chi connectivity index (χ0) is 27.9. The van der Waals surface area contributed by atoms with Gasteiger partial charge < -0.3 is 10.1 Å². The highest BCUT2D eigenvalue weighted by atomic mass is 32.2.